The van der Waals surface area contributed by atoms with Crippen molar-refractivity contribution in [3.63, 3.8) is 0 Å². The first-order valence-corrected chi connectivity index (χ1v) is 16.0. The average molecular weight is 628 g/mol. The Morgan fingerprint density at radius 2 is 1.58 bits per heavy atom. The van der Waals surface area contributed by atoms with Crippen LogP contribution in [0.3, 0.4) is 0 Å². The highest BCUT2D eigenvalue weighted by atomic mass is 35.5. The summed E-state index contributed by atoms with van der Waals surface area (Å²) in [6.07, 6.45) is 3.89. The molecule has 0 unspecified atom stereocenters. The Bertz CT molecular complexity index is 1520. The van der Waals surface area contributed by atoms with Crippen molar-refractivity contribution in [2.45, 2.75) is 63.1 Å². The van der Waals surface area contributed by atoms with Gasteiger partial charge in [0.2, 0.25) is 11.8 Å². The van der Waals surface area contributed by atoms with E-state index in [9.17, 15) is 18.0 Å². The molecule has 0 spiro atoms. The third-order valence-electron chi connectivity index (χ3n) is 7.68. The molecule has 3 aromatic carbocycles. The van der Waals surface area contributed by atoms with E-state index in [0.29, 0.717) is 16.5 Å². The van der Waals surface area contributed by atoms with Crippen LogP contribution in [0, 0.1) is 6.92 Å². The molecule has 43 heavy (non-hydrogen) atoms. The lowest BCUT2D eigenvalue weighted by atomic mass is 10.1. The van der Waals surface area contributed by atoms with Gasteiger partial charge in [-0.2, -0.15) is 0 Å². The molecule has 1 atom stereocenters. The molecule has 0 saturated heterocycles. The zero-order chi connectivity index (χ0) is 31.1. The van der Waals surface area contributed by atoms with Gasteiger partial charge in [0, 0.05) is 23.7 Å². The topological polar surface area (TPSA) is 105 Å². The summed E-state index contributed by atoms with van der Waals surface area (Å²) in [5.41, 5.74) is 1.99. The van der Waals surface area contributed by atoms with Gasteiger partial charge in [-0.25, -0.2) is 8.42 Å². The third kappa shape index (κ3) is 7.80. The Balaban J connectivity index is 1.71. The van der Waals surface area contributed by atoms with Gasteiger partial charge >= 0.3 is 0 Å². The predicted molar refractivity (Wildman–Crippen MR) is 167 cm³/mol. The second-order valence-electron chi connectivity index (χ2n) is 10.7. The zero-order valence-electron chi connectivity index (χ0n) is 24.9. The Hall–Kier alpha value is -3.76. The minimum atomic E-state index is -4.26. The number of aryl methyl sites for hydroxylation is 1. The molecule has 0 heterocycles. The fraction of sp³-hybridized carbons (Fsp3) is 0.375. The number of rotatable bonds is 12. The summed E-state index contributed by atoms with van der Waals surface area (Å²) in [4.78, 5) is 28.8. The van der Waals surface area contributed by atoms with Gasteiger partial charge in [-0.05, 0) is 68.7 Å². The minimum Gasteiger partial charge on any atom is -0.493 e. The van der Waals surface area contributed by atoms with Crippen molar-refractivity contribution in [3.05, 3.63) is 82.9 Å². The van der Waals surface area contributed by atoms with Crippen molar-refractivity contribution in [1.82, 2.24) is 10.2 Å². The van der Waals surface area contributed by atoms with Crippen LogP contribution in [0.25, 0.3) is 0 Å². The summed E-state index contributed by atoms with van der Waals surface area (Å²) in [6.45, 7) is 3.11. The van der Waals surface area contributed by atoms with Crippen LogP contribution in [0.4, 0.5) is 5.69 Å². The first-order valence-electron chi connectivity index (χ1n) is 14.2. The Morgan fingerprint density at radius 1 is 0.953 bits per heavy atom. The predicted octanol–water partition coefficient (Wildman–Crippen LogP) is 5.34. The summed E-state index contributed by atoms with van der Waals surface area (Å²) < 4.78 is 40.0. The van der Waals surface area contributed by atoms with Gasteiger partial charge in [0.15, 0.2) is 11.5 Å². The first kappa shape index (κ1) is 32.2. The van der Waals surface area contributed by atoms with Gasteiger partial charge in [0.05, 0.1) is 24.8 Å². The molecule has 2 amide bonds. The summed E-state index contributed by atoms with van der Waals surface area (Å²) >= 11 is 6.08. The minimum absolute atomic E-state index is 0.0666. The fourth-order valence-electron chi connectivity index (χ4n) is 5.11. The largest absolute Gasteiger partial charge is 0.493 e. The van der Waals surface area contributed by atoms with Gasteiger partial charge in [-0.15, -0.1) is 0 Å². The first-order chi connectivity index (χ1) is 20.5. The van der Waals surface area contributed by atoms with Crippen molar-refractivity contribution in [2.24, 2.45) is 0 Å². The number of nitrogens with one attached hydrogen (secondary N) is 1. The number of sulfonamides is 1. The van der Waals surface area contributed by atoms with E-state index in [1.807, 2.05) is 6.92 Å². The van der Waals surface area contributed by atoms with Crippen molar-refractivity contribution >= 4 is 39.1 Å². The Labute approximate surface area is 258 Å². The second-order valence-corrected chi connectivity index (χ2v) is 13.0. The number of carbonyl (C=O) groups is 2. The van der Waals surface area contributed by atoms with Crippen LogP contribution in [0.5, 0.6) is 11.5 Å². The summed E-state index contributed by atoms with van der Waals surface area (Å²) in [7, 11) is -1.38. The van der Waals surface area contributed by atoms with Gasteiger partial charge in [0.1, 0.15) is 12.6 Å². The number of anilines is 1. The van der Waals surface area contributed by atoms with Crippen molar-refractivity contribution in [2.75, 3.05) is 25.1 Å². The van der Waals surface area contributed by atoms with Gasteiger partial charge < -0.3 is 19.7 Å². The normalized spacial score (nSPS) is 14.2. The lowest BCUT2D eigenvalue weighted by Crippen LogP contribution is -2.52. The Morgan fingerprint density at radius 3 is 2.19 bits per heavy atom. The molecule has 0 bridgehead atoms. The molecular formula is C32H38ClN3O6S. The van der Waals surface area contributed by atoms with Gasteiger partial charge in [0.25, 0.3) is 10.0 Å². The maximum Gasteiger partial charge on any atom is 0.264 e. The molecule has 3 aromatic rings. The number of halogens is 1. The molecule has 1 saturated carbocycles. The monoisotopic (exact) mass is 627 g/mol. The third-order valence-corrected chi connectivity index (χ3v) is 9.70. The quantitative estimate of drug-likeness (QED) is 0.291. The van der Waals surface area contributed by atoms with E-state index in [4.69, 9.17) is 21.1 Å². The SMILES string of the molecule is COc1ccc(S(=O)(=O)N(CC(=O)N(Cc2ccc(Cl)cc2)[C@@H](C)C(=O)NC2CCCC2)c2ccc(C)cc2)cc1OC. The maximum absolute atomic E-state index is 14.1. The van der Waals surface area contributed by atoms with Crippen LogP contribution in [0.15, 0.2) is 71.6 Å². The molecule has 0 radical (unpaired) electrons. The molecule has 1 aliphatic carbocycles. The number of amides is 2. The highest BCUT2D eigenvalue weighted by molar-refractivity contribution is 7.92. The maximum atomic E-state index is 14.1. The van der Waals surface area contributed by atoms with Crippen molar-refractivity contribution < 1.29 is 27.5 Å². The van der Waals surface area contributed by atoms with Crippen LogP contribution in [0.1, 0.15) is 43.7 Å². The summed E-state index contributed by atoms with van der Waals surface area (Å²) in [6, 6.07) is 17.3. The molecular weight excluding hydrogens is 590 g/mol. The number of ether oxygens (including phenoxy) is 2. The standard InChI is InChI=1S/C32H38ClN3O6S/c1-22-9-15-27(16-10-22)36(43(39,40)28-17-18-29(41-3)30(19-28)42-4)21-31(37)35(20-24-11-13-25(33)14-12-24)23(2)32(38)34-26-7-5-6-8-26/h9-19,23,26H,5-8,20-21H2,1-4H3,(H,34,38)/t23-/m0/s1. The summed E-state index contributed by atoms with van der Waals surface area (Å²) in [5.74, 6) is -0.205. The number of benzene rings is 3. The molecule has 0 aliphatic heterocycles. The zero-order valence-corrected chi connectivity index (χ0v) is 26.5. The number of carbonyl (C=O) groups excluding carboxylic acids is 2. The highest BCUT2D eigenvalue weighted by Crippen LogP contribution is 2.32. The van der Waals surface area contributed by atoms with Crippen LogP contribution < -0.4 is 19.1 Å². The highest BCUT2D eigenvalue weighted by Gasteiger charge is 2.33. The smallest absolute Gasteiger partial charge is 0.264 e. The average Bonchev–Trinajstić information content (AvgIpc) is 3.52. The number of hydrogen-bond donors (Lipinski definition) is 1. The molecule has 4 rings (SSSR count). The van der Waals surface area contributed by atoms with Crippen molar-refractivity contribution in [1.29, 1.82) is 0 Å². The molecule has 1 fully saturated rings. The lowest BCUT2D eigenvalue weighted by Gasteiger charge is -2.32. The van der Waals surface area contributed by atoms with E-state index in [-0.39, 0.29) is 29.1 Å². The van der Waals surface area contributed by atoms with E-state index in [2.05, 4.69) is 5.32 Å². The Kier molecular flexibility index (Phi) is 10.6. The van der Waals surface area contributed by atoms with E-state index in [1.54, 1.807) is 55.5 Å². The van der Waals surface area contributed by atoms with Crippen LogP contribution >= 0.6 is 11.6 Å². The van der Waals surface area contributed by atoms with Crippen molar-refractivity contribution in [3.8, 4) is 11.5 Å². The number of hydrogen-bond acceptors (Lipinski definition) is 6. The number of nitrogens with zero attached hydrogens (tertiary/aromatic N) is 2. The van der Waals surface area contributed by atoms with Crippen LogP contribution in [-0.2, 0) is 26.2 Å². The second kappa shape index (κ2) is 14.1. The van der Waals surface area contributed by atoms with Gasteiger partial charge in [-0.3, -0.25) is 13.9 Å². The number of methoxy groups -OCH3 is 2. The molecule has 11 heteroatoms. The molecule has 0 aromatic heterocycles. The van der Waals surface area contributed by atoms with E-state index >= 15 is 0 Å². The van der Waals surface area contributed by atoms with Gasteiger partial charge in [-0.1, -0.05) is 54.3 Å². The van der Waals surface area contributed by atoms with Crippen LogP contribution in [0.2, 0.25) is 5.02 Å². The molecule has 230 valence electrons. The summed E-state index contributed by atoms with van der Waals surface area (Å²) in [5, 5.41) is 3.61. The van der Waals surface area contributed by atoms with Crippen LogP contribution in [-0.4, -0.2) is 58.0 Å². The molecule has 9 nitrogen and oxygen atoms in total. The van der Waals surface area contributed by atoms with E-state index in [0.717, 1.165) is 41.1 Å². The fourth-order valence-corrected chi connectivity index (χ4v) is 6.66. The lowest BCUT2D eigenvalue weighted by molar-refractivity contribution is -0.139. The molecule has 1 aliphatic rings. The van der Waals surface area contributed by atoms with E-state index < -0.39 is 28.5 Å². The molecule has 1 N–H and O–H groups in total. The van der Waals surface area contributed by atoms with E-state index in [1.165, 1.54) is 37.3 Å².